The van der Waals surface area contributed by atoms with Crippen molar-refractivity contribution >= 4 is 29.1 Å². The molecule has 0 aliphatic rings. The van der Waals surface area contributed by atoms with E-state index in [4.69, 9.17) is 23.2 Å². The molecule has 0 aliphatic carbocycles. The number of nitrogens with one attached hydrogen (secondary N) is 1. The van der Waals surface area contributed by atoms with Gasteiger partial charge < -0.3 is 10.2 Å². The molecule has 2 aromatic carbocycles. The highest BCUT2D eigenvalue weighted by Gasteiger charge is 2.08. The van der Waals surface area contributed by atoms with E-state index in [1.165, 1.54) is 0 Å². The van der Waals surface area contributed by atoms with Crippen LogP contribution in [0.4, 0.5) is 0 Å². The first-order chi connectivity index (χ1) is 11.1. The van der Waals surface area contributed by atoms with Gasteiger partial charge in [-0.25, -0.2) is 0 Å². The Morgan fingerprint density at radius 3 is 2.17 bits per heavy atom. The molecular formula is C18H20Cl2N2O. The second kappa shape index (κ2) is 8.92. The Kier molecular flexibility index (Phi) is 6.90. The molecule has 0 unspecified atom stereocenters. The number of carbonyl (C=O) groups is 1. The Labute approximate surface area is 147 Å². The molecule has 1 N–H and O–H groups in total. The molecule has 5 heteroatoms. The number of carbonyl (C=O) groups excluding carboxylic acids is 1. The van der Waals surface area contributed by atoms with Gasteiger partial charge >= 0.3 is 0 Å². The molecule has 3 nitrogen and oxygen atoms in total. The van der Waals surface area contributed by atoms with Gasteiger partial charge in [-0.3, -0.25) is 4.79 Å². The predicted molar refractivity (Wildman–Crippen MR) is 95.7 cm³/mol. The molecule has 0 saturated heterocycles. The molecule has 2 rings (SSSR count). The first kappa shape index (κ1) is 17.8. The van der Waals surface area contributed by atoms with E-state index in [0.29, 0.717) is 24.5 Å². The van der Waals surface area contributed by atoms with Crippen molar-refractivity contribution in [2.45, 2.75) is 19.5 Å². The summed E-state index contributed by atoms with van der Waals surface area (Å²) in [4.78, 5) is 14.0. The largest absolute Gasteiger partial charge is 0.352 e. The summed E-state index contributed by atoms with van der Waals surface area (Å²) >= 11 is 12.2. The van der Waals surface area contributed by atoms with Gasteiger partial charge in [-0.15, -0.1) is 0 Å². The van der Waals surface area contributed by atoms with Crippen LogP contribution in [0.1, 0.15) is 17.5 Å². The Morgan fingerprint density at radius 2 is 1.57 bits per heavy atom. The number of rotatable bonds is 7. The summed E-state index contributed by atoms with van der Waals surface area (Å²) in [5.74, 6) is 0.0101. The maximum absolute atomic E-state index is 11.9. The van der Waals surface area contributed by atoms with Crippen molar-refractivity contribution in [1.29, 1.82) is 0 Å². The molecule has 0 bridgehead atoms. The number of hydrogen-bond donors (Lipinski definition) is 1. The van der Waals surface area contributed by atoms with Crippen LogP contribution in [0.5, 0.6) is 0 Å². The molecule has 2 aromatic rings. The average Bonchev–Trinajstić information content (AvgIpc) is 2.54. The highest BCUT2D eigenvalue weighted by Crippen LogP contribution is 2.16. The Balaban J connectivity index is 1.74. The maximum Gasteiger partial charge on any atom is 0.221 e. The van der Waals surface area contributed by atoms with Gasteiger partial charge in [-0.1, -0.05) is 59.6 Å². The molecule has 1 amide bonds. The zero-order valence-electron chi connectivity index (χ0n) is 13.1. The standard InChI is InChI=1S/C18H20Cl2N2O/c1-22(13-15-7-3-5-9-17(15)20)11-10-18(23)21-12-14-6-2-4-8-16(14)19/h2-9H,10-13H2,1H3,(H,21,23). The number of hydrogen-bond acceptors (Lipinski definition) is 2. The van der Waals surface area contributed by atoms with Crippen LogP contribution in [0.2, 0.25) is 10.0 Å². The van der Waals surface area contributed by atoms with Crippen LogP contribution in [0.25, 0.3) is 0 Å². The van der Waals surface area contributed by atoms with Crippen LogP contribution in [0, 0.1) is 0 Å². The number of amides is 1. The summed E-state index contributed by atoms with van der Waals surface area (Å²) in [5.41, 5.74) is 1.99. The van der Waals surface area contributed by atoms with Gasteiger partial charge in [0.05, 0.1) is 0 Å². The highest BCUT2D eigenvalue weighted by atomic mass is 35.5. The van der Waals surface area contributed by atoms with Crippen LogP contribution < -0.4 is 5.32 Å². The van der Waals surface area contributed by atoms with Crippen molar-refractivity contribution in [3.63, 3.8) is 0 Å². The highest BCUT2D eigenvalue weighted by molar-refractivity contribution is 6.31. The monoisotopic (exact) mass is 350 g/mol. The van der Waals surface area contributed by atoms with Crippen molar-refractivity contribution < 1.29 is 4.79 Å². The maximum atomic E-state index is 11.9. The summed E-state index contributed by atoms with van der Waals surface area (Å²) in [7, 11) is 1.98. The van der Waals surface area contributed by atoms with Gasteiger partial charge in [0.1, 0.15) is 0 Å². The fourth-order valence-corrected chi connectivity index (χ4v) is 2.61. The average molecular weight is 351 g/mol. The van der Waals surface area contributed by atoms with Gasteiger partial charge in [0.25, 0.3) is 0 Å². The minimum Gasteiger partial charge on any atom is -0.352 e. The van der Waals surface area contributed by atoms with Crippen LogP contribution in [-0.2, 0) is 17.9 Å². The molecule has 0 spiro atoms. The minimum absolute atomic E-state index is 0.0101. The zero-order valence-corrected chi connectivity index (χ0v) is 14.6. The zero-order chi connectivity index (χ0) is 16.7. The van der Waals surface area contributed by atoms with Crippen LogP contribution in [-0.4, -0.2) is 24.4 Å². The first-order valence-corrected chi connectivity index (χ1v) is 8.24. The first-order valence-electron chi connectivity index (χ1n) is 7.48. The van der Waals surface area contributed by atoms with E-state index in [1.807, 2.05) is 55.6 Å². The van der Waals surface area contributed by atoms with E-state index in [0.717, 1.165) is 22.7 Å². The molecule has 0 atom stereocenters. The lowest BCUT2D eigenvalue weighted by molar-refractivity contribution is -0.121. The molecule has 0 saturated carbocycles. The lowest BCUT2D eigenvalue weighted by Gasteiger charge is -2.17. The third kappa shape index (κ3) is 5.87. The van der Waals surface area contributed by atoms with E-state index in [9.17, 15) is 4.79 Å². The normalized spacial score (nSPS) is 10.8. The van der Waals surface area contributed by atoms with Gasteiger partial charge in [0.2, 0.25) is 5.91 Å². The molecule has 0 aliphatic heterocycles. The van der Waals surface area contributed by atoms with Gasteiger partial charge in [-0.2, -0.15) is 0 Å². The predicted octanol–water partition coefficient (Wildman–Crippen LogP) is 4.13. The van der Waals surface area contributed by atoms with Crippen molar-refractivity contribution in [2.24, 2.45) is 0 Å². The molecule has 23 heavy (non-hydrogen) atoms. The lowest BCUT2D eigenvalue weighted by Crippen LogP contribution is -2.28. The number of nitrogens with zero attached hydrogens (tertiary/aromatic N) is 1. The van der Waals surface area contributed by atoms with E-state index in [2.05, 4.69) is 10.2 Å². The molecule has 0 radical (unpaired) electrons. The smallest absolute Gasteiger partial charge is 0.221 e. The van der Waals surface area contributed by atoms with E-state index in [-0.39, 0.29) is 5.91 Å². The summed E-state index contributed by atoms with van der Waals surface area (Å²) < 4.78 is 0. The summed E-state index contributed by atoms with van der Waals surface area (Å²) in [6.45, 7) is 1.84. The van der Waals surface area contributed by atoms with E-state index in [1.54, 1.807) is 0 Å². The third-order valence-electron chi connectivity index (χ3n) is 3.55. The van der Waals surface area contributed by atoms with Gasteiger partial charge in [0, 0.05) is 36.1 Å². The molecule has 0 heterocycles. The van der Waals surface area contributed by atoms with Crippen LogP contribution in [0.15, 0.2) is 48.5 Å². The Morgan fingerprint density at radius 1 is 1.00 bits per heavy atom. The van der Waals surface area contributed by atoms with Crippen LogP contribution >= 0.6 is 23.2 Å². The van der Waals surface area contributed by atoms with Gasteiger partial charge in [0.15, 0.2) is 0 Å². The second-order valence-electron chi connectivity index (χ2n) is 5.45. The quantitative estimate of drug-likeness (QED) is 0.813. The van der Waals surface area contributed by atoms with Crippen molar-refractivity contribution in [3.05, 3.63) is 69.7 Å². The van der Waals surface area contributed by atoms with Crippen molar-refractivity contribution in [1.82, 2.24) is 10.2 Å². The Bertz CT molecular complexity index is 661. The molecule has 122 valence electrons. The van der Waals surface area contributed by atoms with E-state index >= 15 is 0 Å². The SMILES string of the molecule is CN(CCC(=O)NCc1ccccc1Cl)Cc1ccccc1Cl. The van der Waals surface area contributed by atoms with Crippen molar-refractivity contribution in [2.75, 3.05) is 13.6 Å². The van der Waals surface area contributed by atoms with Gasteiger partial charge in [-0.05, 0) is 30.3 Å². The summed E-state index contributed by atoms with van der Waals surface area (Å²) in [6.07, 6.45) is 0.436. The third-order valence-corrected chi connectivity index (χ3v) is 4.29. The lowest BCUT2D eigenvalue weighted by atomic mass is 10.2. The van der Waals surface area contributed by atoms with E-state index < -0.39 is 0 Å². The number of halogens is 2. The summed E-state index contributed by atoms with van der Waals surface area (Å²) in [6, 6.07) is 15.3. The second-order valence-corrected chi connectivity index (χ2v) is 6.26. The van der Waals surface area contributed by atoms with Crippen LogP contribution in [0.3, 0.4) is 0 Å². The molecule has 0 aromatic heterocycles. The fraction of sp³-hybridized carbons (Fsp3) is 0.278. The fourth-order valence-electron chi connectivity index (χ4n) is 2.21. The minimum atomic E-state index is 0.0101. The molecule has 0 fully saturated rings. The van der Waals surface area contributed by atoms with Crippen molar-refractivity contribution in [3.8, 4) is 0 Å². The topological polar surface area (TPSA) is 32.3 Å². The summed E-state index contributed by atoms with van der Waals surface area (Å²) in [5, 5.41) is 4.32. The number of benzene rings is 2. The molecular weight excluding hydrogens is 331 g/mol. The Hall–Kier alpha value is -1.55.